The fraction of sp³-hybridized carbons (Fsp3) is 0.333. The second kappa shape index (κ2) is 5.38. The molecule has 0 saturated carbocycles. The molecule has 0 aliphatic heterocycles. The highest BCUT2D eigenvalue weighted by Gasteiger charge is 2.18. The first-order valence-corrected chi connectivity index (χ1v) is 5.49. The van der Waals surface area contributed by atoms with E-state index in [-0.39, 0.29) is 33.7 Å². The van der Waals surface area contributed by atoms with Gasteiger partial charge in [-0.3, -0.25) is 4.98 Å². The second-order valence-electron chi connectivity index (χ2n) is 2.73. The minimum atomic E-state index is -2.69. The predicted octanol–water partition coefficient (Wildman–Crippen LogP) is 3.63. The van der Waals surface area contributed by atoms with Crippen molar-refractivity contribution < 1.29 is 8.78 Å². The smallest absolute Gasteiger partial charge is 0.250 e. The maximum absolute atomic E-state index is 12.6. The predicted molar refractivity (Wildman–Crippen MR) is 56.2 cm³/mol. The zero-order chi connectivity index (χ0) is 11.4. The van der Waals surface area contributed by atoms with Crippen LogP contribution in [0.1, 0.15) is 23.4 Å². The van der Waals surface area contributed by atoms with E-state index in [1.54, 1.807) is 0 Å². The van der Waals surface area contributed by atoms with Crippen molar-refractivity contribution >= 4 is 27.5 Å². The highest BCUT2D eigenvalue weighted by atomic mass is 79.9. The fourth-order valence-corrected chi connectivity index (χ4v) is 2.13. The van der Waals surface area contributed by atoms with Gasteiger partial charge in [0.25, 0.3) is 6.43 Å². The molecule has 0 N–H and O–H groups in total. The van der Waals surface area contributed by atoms with Crippen molar-refractivity contribution in [3.8, 4) is 6.07 Å². The van der Waals surface area contributed by atoms with E-state index in [9.17, 15) is 8.78 Å². The Hall–Kier alpha value is -0.730. The third kappa shape index (κ3) is 2.86. The number of hydrogen-bond donors (Lipinski definition) is 0. The molecule has 0 radical (unpaired) electrons. The lowest BCUT2D eigenvalue weighted by Gasteiger charge is -2.09. The molecule has 0 unspecified atom stereocenters. The Morgan fingerprint density at radius 2 is 2.27 bits per heavy atom. The highest BCUT2D eigenvalue weighted by molar-refractivity contribution is 9.08. The molecule has 6 heteroatoms. The van der Waals surface area contributed by atoms with Crippen LogP contribution in [0.25, 0.3) is 0 Å². The minimum absolute atomic E-state index is 0.0258. The molecule has 0 aromatic carbocycles. The van der Waals surface area contributed by atoms with Gasteiger partial charge in [0, 0.05) is 15.9 Å². The lowest BCUT2D eigenvalue weighted by molar-refractivity contribution is 0.145. The summed E-state index contributed by atoms with van der Waals surface area (Å²) in [5.74, 6) is 0. The Morgan fingerprint density at radius 3 is 2.73 bits per heavy atom. The van der Waals surface area contributed by atoms with Crippen LogP contribution in [0, 0.1) is 11.3 Å². The number of halogens is 4. The van der Waals surface area contributed by atoms with Gasteiger partial charge in [-0.1, -0.05) is 27.5 Å². The van der Waals surface area contributed by atoms with Crippen molar-refractivity contribution in [3.63, 3.8) is 0 Å². The third-order valence-corrected chi connectivity index (χ3v) is 2.65. The van der Waals surface area contributed by atoms with Crippen LogP contribution in [0.2, 0.25) is 5.02 Å². The summed E-state index contributed by atoms with van der Waals surface area (Å²) in [7, 11) is 0. The SMILES string of the molecule is N#CCc1cc(Cl)c(CBr)c(C(F)F)n1. The fourth-order valence-electron chi connectivity index (χ4n) is 1.09. The molecule has 0 spiro atoms. The lowest BCUT2D eigenvalue weighted by Crippen LogP contribution is -2.01. The first-order chi connectivity index (χ1) is 7.10. The minimum Gasteiger partial charge on any atom is -0.250 e. The van der Waals surface area contributed by atoms with E-state index in [1.165, 1.54) is 6.07 Å². The molecule has 0 saturated heterocycles. The van der Waals surface area contributed by atoms with Crippen LogP contribution in [0.5, 0.6) is 0 Å². The van der Waals surface area contributed by atoms with Gasteiger partial charge in [0.05, 0.1) is 18.2 Å². The van der Waals surface area contributed by atoms with Gasteiger partial charge in [-0.2, -0.15) is 5.26 Å². The van der Waals surface area contributed by atoms with Crippen LogP contribution in [0.3, 0.4) is 0 Å². The molecule has 15 heavy (non-hydrogen) atoms. The number of pyridine rings is 1. The van der Waals surface area contributed by atoms with E-state index in [4.69, 9.17) is 16.9 Å². The van der Waals surface area contributed by atoms with Crippen LogP contribution in [0.15, 0.2) is 6.07 Å². The maximum Gasteiger partial charge on any atom is 0.280 e. The molecule has 1 rings (SSSR count). The quantitative estimate of drug-likeness (QED) is 0.798. The number of aromatic nitrogens is 1. The first-order valence-electron chi connectivity index (χ1n) is 3.99. The zero-order valence-electron chi connectivity index (χ0n) is 7.48. The van der Waals surface area contributed by atoms with Crippen LogP contribution >= 0.6 is 27.5 Å². The van der Waals surface area contributed by atoms with Gasteiger partial charge < -0.3 is 0 Å². The molecule has 0 aliphatic carbocycles. The number of rotatable bonds is 3. The van der Waals surface area contributed by atoms with E-state index in [0.29, 0.717) is 0 Å². The molecular weight excluding hydrogens is 289 g/mol. The van der Waals surface area contributed by atoms with E-state index in [2.05, 4.69) is 20.9 Å². The summed E-state index contributed by atoms with van der Waals surface area (Å²) in [6.45, 7) is 0. The van der Waals surface area contributed by atoms with Gasteiger partial charge in [-0.25, -0.2) is 8.78 Å². The topological polar surface area (TPSA) is 36.7 Å². The van der Waals surface area contributed by atoms with Gasteiger partial charge in [0.15, 0.2) is 0 Å². The monoisotopic (exact) mass is 294 g/mol. The van der Waals surface area contributed by atoms with Gasteiger partial charge in [-0.05, 0) is 6.07 Å². The van der Waals surface area contributed by atoms with Gasteiger partial charge in [-0.15, -0.1) is 0 Å². The van der Waals surface area contributed by atoms with E-state index in [0.717, 1.165) is 0 Å². The zero-order valence-corrected chi connectivity index (χ0v) is 9.82. The molecule has 0 fully saturated rings. The van der Waals surface area contributed by atoms with Gasteiger partial charge in [0.2, 0.25) is 0 Å². The van der Waals surface area contributed by atoms with Crippen molar-refractivity contribution in [3.05, 3.63) is 28.0 Å². The number of nitriles is 1. The Balaban J connectivity index is 3.27. The number of nitrogens with zero attached hydrogens (tertiary/aromatic N) is 2. The van der Waals surface area contributed by atoms with Gasteiger partial charge >= 0.3 is 0 Å². The van der Waals surface area contributed by atoms with E-state index < -0.39 is 6.43 Å². The standard InChI is InChI=1S/C9H6BrClF2N2/c10-4-6-7(11)3-5(1-2-14)15-8(6)9(12)13/h3,9H,1,4H2. The Kier molecular flexibility index (Phi) is 4.43. The van der Waals surface area contributed by atoms with Crippen molar-refractivity contribution in [2.45, 2.75) is 18.2 Å². The van der Waals surface area contributed by atoms with Crippen molar-refractivity contribution in [2.24, 2.45) is 0 Å². The molecule has 2 nitrogen and oxygen atoms in total. The third-order valence-electron chi connectivity index (χ3n) is 1.76. The summed E-state index contributed by atoms with van der Waals surface area (Å²) in [4.78, 5) is 3.71. The molecule has 0 aliphatic rings. The molecule has 1 heterocycles. The van der Waals surface area contributed by atoms with Crippen molar-refractivity contribution in [1.29, 1.82) is 5.26 Å². The normalized spacial score (nSPS) is 10.4. The molecule has 1 aromatic heterocycles. The summed E-state index contributed by atoms with van der Waals surface area (Å²) < 4.78 is 25.2. The maximum atomic E-state index is 12.6. The Labute approximate surface area is 99.0 Å². The van der Waals surface area contributed by atoms with Crippen LogP contribution < -0.4 is 0 Å². The largest absolute Gasteiger partial charge is 0.280 e. The second-order valence-corrected chi connectivity index (χ2v) is 3.70. The van der Waals surface area contributed by atoms with Crippen molar-refractivity contribution in [1.82, 2.24) is 4.98 Å². The average molecular weight is 296 g/mol. The molecule has 0 atom stereocenters. The van der Waals surface area contributed by atoms with Crippen LogP contribution in [-0.4, -0.2) is 4.98 Å². The average Bonchev–Trinajstić information content (AvgIpc) is 2.17. The van der Waals surface area contributed by atoms with Gasteiger partial charge in [0.1, 0.15) is 5.69 Å². The Bertz CT molecular complexity index is 404. The highest BCUT2D eigenvalue weighted by Crippen LogP contribution is 2.29. The summed E-state index contributed by atoms with van der Waals surface area (Å²) in [6, 6.07) is 3.27. The number of alkyl halides is 3. The summed E-state index contributed by atoms with van der Waals surface area (Å²) >= 11 is 8.87. The number of hydrogen-bond acceptors (Lipinski definition) is 2. The molecule has 1 aromatic rings. The van der Waals surface area contributed by atoms with Crippen LogP contribution in [-0.2, 0) is 11.8 Å². The summed E-state index contributed by atoms with van der Waals surface area (Å²) in [6.07, 6.45) is -2.71. The molecule has 80 valence electrons. The lowest BCUT2D eigenvalue weighted by atomic mass is 10.2. The summed E-state index contributed by atoms with van der Waals surface area (Å²) in [5.41, 5.74) is 0.181. The first kappa shape index (κ1) is 12.3. The molecular formula is C9H6BrClF2N2. The van der Waals surface area contributed by atoms with E-state index in [1.807, 2.05) is 6.07 Å². The van der Waals surface area contributed by atoms with E-state index >= 15 is 0 Å². The van der Waals surface area contributed by atoms with Crippen LogP contribution in [0.4, 0.5) is 8.78 Å². The molecule has 0 amide bonds. The Morgan fingerprint density at radius 1 is 1.60 bits per heavy atom. The summed E-state index contributed by atoms with van der Waals surface area (Å²) in [5, 5.41) is 8.86. The van der Waals surface area contributed by atoms with Crippen molar-refractivity contribution in [2.75, 3.05) is 0 Å². The molecule has 0 bridgehead atoms.